The molecule has 0 spiro atoms. The van der Waals surface area contributed by atoms with Crippen LogP contribution in [0.3, 0.4) is 0 Å². The van der Waals surface area contributed by atoms with Crippen LogP contribution in [0.2, 0.25) is 0 Å². The van der Waals surface area contributed by atoms with Crippen molar-refractivity contribution >= 4 is 0 Å². The highest BCUT2D eigenvalue weighted by Crippen LogP contribution is 2.04. The van der Waals surface area contributed by atoms with Crippen LogP contribution in [0.5, 0.6) is 0 Å². The Kier molecular flexibility index (Phi) is 4.82. The first-order chi connectivity index (χ1) is 7.13. The molecular weight excluding hydrogens is 186 g/mol. The van der Waals surface area contributed by atoms with Crippen molar-refractivity contribution in [1.29, 1.82) is 0 Å². The fraction of sp³-hybridized carbons (Fsp3) is 0.750. The molecule has 1 heterocycles. The van der Waals surface area contributed by atoms with Gasteiger partial charge in [-0.2, -0.15) is 5.10 Å². The minimum atomic E-state index is 0.597. The molecule has 15 heavy (non-hydrogen) atoms. The summed E-state index contributed by atoms with van der Waals surface area (Å²) < 4.78 is 1.95. The van der Waals surface area contributed by atoms with E-state index in [2.05, 4.69) is 30.3 Å². The van der Waals surface area contributed by atoms with Gasteiger partial charge in [-0.25, -0.2) is 0 Å². The molecule has 0 saturated carbocycles. The van der Waals surface area contributed by atoms with E-state index in [1.165, 1.54) is 25.0 Å². The fourth-order valence-electron chi connectivity index (χ4n) is 1.72. The molecule has 0 aromatic carbocycles. The van der Waals surface area contributed by atoms with Crippen LogP contribution in [0.25, 0.3) is 0 Å². The van der Waals surface area contributed by atoms with Crippen molar-refractivity contribution in [3.8, 4) is 0 Å². The van der Waals surface area contributed by atoms with Gasteiger partial charge in [-0.05, 0) is 26.3 Å². The van der Waals surface area contributed by atoms with Gasteiger partial charge in [-0.3, -0.25) is 4.68 Å². The Morgan fingerprint density at radius 3 is 2.80 bits per heavy atom. The third-order valence-electron chi connectivity index (χ3n) is 2.72. The Bertz CT molecular complexity index is 291. The zero-order valence-electron chi connectivity index (χ0n) is 10.4. The van der Waals surface area contributed by atoms with Gasteiger partial charge in [0.25, 0.3) is 0 Å². The lowest BCUT2D eigenvalue weighted by Gasteiger charge is -2.12. The van der Waals surface area contributed by atoms with Gasteiger partial charge in [0.15, 0.2) is 0 Å². The topological polar surface area (TPSA) is 29.9 Å². The van der Waals surface area contributed by atoms with Crippen molar-refractivity contribution in [2.24, 2.45) is 7.05 Å². The molecular formula is C12H23N3. The first kappa shape index (κ1) is 12.2. The van der Waals surface area contributed by atoms with Crippen molar-refractivity contribution in [2.75, 3.05) is 0 Å². The second-order valence-corrected chi connectivity index (χ2v) is 4.32. The summed E-state index contributed by atoms with van der Waals surface area (Å²) in [6, 6.07) is 2.74. The molecule has 0 aliphatic rings. The Balaban J connectivity index is 2.33. The molecule has 0 radical (unpaired) electrons. The molecule has 0 saturated heterocycles. The number of hydrogen-bond donors (Lipinski definition) is 1. The lowest BCUT2D eigenvalue weighted by Crippen LogP contribution is -2.26. The quantitative estimate of drug-likeness (QED) is 0.779. The molecule has 1 atom stereocenters. The zero-order valence-corrected chi connectivity index (χ0v) is 10.4. The lowest BCUT2D eigenvalue weighted by atomic mass is 10.1. The van der Waals surface area contributed by atoms with Crippen LogP contribution in [0, 0.1) is 6.92 Å². The van der Waals surface area contributed by atoms with E-state index in [1.54, 1.807) is 0 Å². The highest BCUT2D eigenvalue weighted by atomic mass is 15.3. The zero-order chi connectivity index (χ0) is 11.3. The highest BCUT2D eigenvalue weighted by Gasteiger charge is 2.04. The van der Waals surface area contributed by atoms with Gasteiger partial charge in [0.2, 0.25) is 0 Å². The average molecular weight is 209 g/mol. The number of unbranched alkanes of at least 4 members (excludes halogenated alkanes) is 1. The second kappa shape index (κ2) is 5.91. The van der Waals surface area contributed by atoms with Crippen molar-refractivity contribution in [2.45, 2.75) is 52.6 Å². The maximum atomic E-state index is 4.33. The smallest absolute Gasteiger partial charge is 0.0597 e. The summed E-state index contributed by atoms with van der Waals surface area (Å²) >= 11 is 0. The molecule has 86 valence electrons. The minimum Gasteiger partial charge on any atom is -0.309 e. The molecule has 0 aliphatic heterocycles. The average Bonchev–Trinajstić information content (AvgIpc) is 2.51. The Morgan fingerprint density at radius 2 is 2.27 bits per heavy atom. The predicted molar refractivity (Wildman–Crippen MR) is 63.8 cm³/mol. The molecule has 1 aromatic heterocycles. The summed E-state index contributed by atoms with van der Waals surface area (Å²) in [5, 5.41) is 7.85. The minimum absolute atomic E-state index is 0.597. The summed E-state index contributed by atoms with van der Waals surface area (Å²) in [4.78, 5) is 0. The molecule has 1 rings (SSSR count). The molecule has 1 aromatic rings. The van der Waals surface area contributed by atoms with Crippen LogP contribution >= 0.6 is 0 Å². The first-order valence-electron chi connectivity index (χ1n) is 5.86. The Labute approximate surface area is 92.9 Å². The van der Waals surface area contributed by atoms with Gasteiger partial charge >= 0.3 is 0 Å². The normalized spacial score (nSPS) is 13.1. The van der Waals surface area contributed by atoms with E-state index in [0.29, 0.717) is 6.04 Å². The van der Waals surface area contributed by atoms with Gasteiger partial charge in [-0.15, -0.1) is 0 Å². The summed E-state index contributed by atoms with van der Waals surface area (Å²) in [6.45, 7) is 7.43. The van der Waals surface area contributed by atoms with Gasteiger partial charge in [-0.1, -0.05) is 19.8 Å². The maximum Gasteiger partial charge on any atom is 0.0597 e. The van der Waals surface area contributed by atoms with Crippen LogP contribution in [0.1, 0.15) is 44.5 Å². The number of rotatable bonds is 6. The van der Waals surface area contributed by atoms with E-state index < -0.39 is 0 Å². The third kappa shape index (κ3) is 4.04. The molecule has 0 aliphatic carbocycles. The molecule has 3 nitrogen and oxygen atoms in total. The summed E-state index contributed by atoms with van der Waals surface area (Å²) in [5.41, 5.74) is 2.35. The largest absolute Gasteiger partial charge is 0.309 e. The van der Waals surface area contributed by atoms with E-state index in [1.807, 2.05) is 18.7 Å². The molecule has 0 fully saturated rings. The van der Waals surface area contributed by atoms with Gasteiger partial charge in [0.1, 0.15) is 0 Å². The fourth-order valence-corrected chi connectivity index (χ4v) is 1.72. The van der Waals surface area contributed by atoms with Crippen molar-refractivity contribution < 1.29 is 0 Å². The number of nitrogens with one attached hydrogen (secondary N) is 1. The summed E-state index contributed by atoms with van der Waals surface area (Å²) in [6.07, 6.45) is 3.84. The van der Waals surface area contributed by atoms with Crippen LogP contribution < -0.4 is 5.32 Å². The number of nitrogens with zero attached hydrogens (tertiary/aromatic N) is 2. The van der Waals surface area contributed by atoms with E-state index >= 15 is 0 Å². The molecule has 1 N–H and O–H groups in total. The van der Waals surface area contributed by atoms with E-state index in [-0.39, 0.29) is 0 Å². The Hall–Kier alpha value is -0.830. The van der Waals surface area contributed by atoms with Crippen molar-refractivity contribution in [1.82, 2.24) is 15.1 Å². The van der Waals surface area contributed by atoms with Crippen molar-refractivity contribution in [3.63, 3.8) is 0 Å². The standard InChI is InChI=1S/C12H23N3/c1-5-6-7-10(2)13-9-12-8-11(3)14-15(12)4/h8,10,13H,5-7,9H2,1-4H3. The van der Waals surface area contributed by atoms with Crippen LogP contribution in [-0.2, 0) is 13.6 Å². The number of aromatic nitrogens is 2. The van der Waals surface area contributed by atoms with Crippen LogP contribution in [0.4, 0.5) is 0 Å². The van der Waals surface area contributed by atoms with Crippen LogP contribution in [0.15, 0.2) is 6.07 Å². The number of hydrogen-bond acceptors (Lipinski definition) is 2. The van der Waals surface area contributed by atoms with E-state index in [4.69, 9.17) is 0 Å². The van der Waals surface area contributed by atoms with Gasteiger partial charge in [0.05, 0.1) is 11.4 Å². The molecule has 0 bridgehead atoms. The summed E-state index contributed by atoms with van der Waals surface area (Å²) in [5.74, 6) is 0. The van der Waals surface area contributed by atoms with Gasteiger partial charge in [0, 0.05) is 19.6 Å². The lowest BCUT2D eigenvalue weighted by molar-refractivity contribution is 0.483. The summed E-state index contributed by atoms with van der Waals surface area (Å²) in [7, 11) is 2.00. The Morgan fingerprint density at radius 1 is 1.53 bits per heavy atom. The third-order valence-corrected chi connectivity index (χ3v) is 2.72. The van der Waals surface area contributed by atoms with E-state index in [0.717, 1.165) is 12.2 Å². The first-order valence-corrected chi connectivity index (χ1v) is 5.86. The predicted octanol–water partition coefficient (Wildman–Crippen LogP) is 2.40. The maximum absolute atomic E-state index is 4.33. The molecule has 1 unspecified atom stereocenters. The monoisotopic (exact) mass is 209 g/mol. The van der Waals surface area contributed by atoms with Crippen molar-refractivity contribution in [3.05, 3.63) is 17.5 Å². The SMILES string of the molecule is CCCCC(C)NCc1cc(C)nn1C. The molecule has 0 amide bonds. The second-order valence-electron chi connectivity index (χ2n) is 4.32. The molecule has 3 heteroatoms. The number of aryl methyl sites for hydroxylation is 2. The highest BCUT2D eigenvalue weighted by molar-refractivity contribution is 5.08. The van der Waals surface area contributed by atoms with E-state index in [9.17, 15) is 0 Å². The van der Waals surface area contributed by atoms with Crippen LogP contribution in [-0.4, -0.2) is 15.8 Å². The van der Waals surface area contributed by atoms with Gasteiger partial charge < -0.3 is 5.32 Å².